The highest BCUT2D eigenvalue weighted by Gasteiger charge is 2.30. The van der Waals surface area contributed by atoms with Crippen molar-refractivity contribution in [3.63, 3.8) is 0 Å². The topological polar surface area (TPSA) is 78.7 Å². The van der Waals surface area contributed by atoms with E-state index in [1.165, 1.54) is 24.3 Å². The van der Waals surface area contributed by atoms with Crippen molar-refractivity contribution in [2.24, 2.45) is 0 Å². The number of fused-ring (bicyclic) bond motifs is 2. The van der Waals surface area contributed by atoms with Crippen LogP contribution in [0.5, 0.6) is 5.75 Å². The number of aromatic nitrogens is 3. The van der Waals surface area contributed by atoms with E-state index in [9.17, 15) is 9.18 Å². The lowest BCUT2D eigenvalue weighted by Gasteiger charge is -2.35. The maximum atomic E-state index is 14.5. The predicted molar refractivity (Wildman–Crippen MR) is 155 cm³/mol. The van der Waals surface area contributed by atoms with Gasteiger partial charge < -0.3 is 18.8 Å². The molecule has 0 aliphatic carbocycles. The SMILES string of the molecule is COC(=O)c1ccc2nc(CN3CCC(c4cccc5c4OCC(c4ccccc4F)C5)CC3)n(C[C@@H]3CCO3)c2n1. The first kappa shape index (κ1) is 27.0. The Morgan fingerprint density at radius 2 is 1.81 bits per heavy atom. The van der Waals surface area contributed by atoms with Gasteiger partial charge in [-0.1, -0.05) is 36.4 Å². The van der Waals surface area contributed by atoms with Crippen LogP contribution in [0.3, 0.4) is 0 Å². The lowest BCUT2D eigenvalue weighted by Crippen LogP contribution is -2.35. The van der Waals surface area contributed by atoms with Crippen LogP contribution in [0.15, 0.2) is 54.6 Å². The van der Waals surface area contributed by atoms with Crippen molar-refractivity contribution in [2.75, 3.05) is 33.4 Å². The van der Waals surface area contributed by atoms with Crippen LogP contribution < -0.4 is 4.74 Å². The number of rotatable bonds is 7. The Morgan fingerprint density at radius 1 is 1.00 bits per heavy atom. The van der Waals surface area contributed by atoms with Gasteiger partial charge in [-0.05, 0) is 79.6 Å². The van der Waals surface area contributed by atoms with E-state index in [2.05, 4.69) is 32.7 Å². The van der Waals surface area contributed by atoms with Crippen LogP contribution in [0.25, 0.3) is 11.2 Å². The standard InChI is InChI=1S/C33H35FN4O4/c1-40-33(39)29-10-9-28-32(36-29)38(18-24-13-16-41-24)30(35-28)19-37-14-11-21(12-15-37)26-7-4-5-22-17-23(20-42-31(22)26)25-6-2-3-8-27(25)34/h2-10,21,23-24H,11-20H2,1H3/t23?,24-/m0/s1. The van der Waals surface area contributed by atoms with Crippen LogP contribution in [-0.4, -0.2) is 64.9 Å². The number of halogens is 1. The fourth-order valence-electron chi connectivity index (χ4n) is 6.59. The van der Waals surface area contributed by atoms with Crippen molar-refractivity contribution in [3.8, 4) is 5.75 Å². The first-order chi connectivity index (χ1) is 20.6. The summed E-state index contributed by atoms with van der Waals surface area (Å²) < 4.78 is 33.5. The number of ether oxygens (including phenoxy) is 3. The fraction of sp³-hybridized carbons (Fsp3) is 0.424. The fourth-order valence-corrected chi connectivity index (χ4v) is 6.59. The monoisotopic (exact) mass is 570 g/mol. The van der Waals surface area contributed by atoms with Crippen LogP contribution in [0.4, 0.5) is 4.39 Å². The van der Waals surface area contributed by atoms with Crippen molar-refractivity contribution in [1.29, 1.82) is 0 Å². The van der Waals surface area contributed by atoms with Gasteiger partial charge in [0.1, 0.15) is 22.9 Å². The molecule has 8 nitrogen and oxygen atoms in total. The van der Waals surface area contributed by atoms with Crippen molar-refractivity contribution in [2.45, 2.75) is 56.7 Å². The number of carbonyl (C=O) groups is 1. The molecule has 0 radical (unpaired) electrons. The summed E-state index contributed by atoms with van der Waals surface area (Å²) in [6.07, 6.45) is 3.97. The second kappa shape index (κ2) is 11.5. The summed E-state index contributed by atoms with van der Waals surface area (Å²) in [7, 11) is 1.36. The molecule has 3 aliphatic heterocycles. The molecule has 2 aromatic carbocycles. The van der Waals surface area contributed by atoms with E-state index >= 15 is 0 Å². The third-order valence-corrected chi connectivity index (χ3v) is 9.01. The summed E-state index contributed by atoms with van der Waals surface area (Å²) >= 11 is 0. The summed E-state index contributed by atoms with van der Waals surface area (Å²) in [5.74, 6) is 1.76. The lowest BCUT2D eigenvalue weighted by molar-refractivity contribution is -0.0593. The second-order valence-corrected chi connectivity index (χ2v) is 11.6. The number of methoxy groups -OCH3 is 1. The van der Waals surface area contributed by atoms with Gasteiger partial charge in [0.2, 0.25) is 0 Å². The van der Waals surface area contributed by atoms with Crippen molar-refractivity contribution >= 4 is 17.1 Å². The lowest BCUT2D eigenvalue weighted by atomic mass is 9.84. The summed E-state index contributed by atoms with van der Waals surface area (Å²) in [6, 6.07) is 17.0. The molecule has 2 aromatic heterocycles. The average molecular weight is 571 g/mol. The first-order valence-electron chi connectivity index (χ1n) is 14.8. The van der Waals surface area contributed by atoms with Gasteiger partial charge in [-0.25, -0.2) is 19.2 Å². The Labute approximate surface area is 244 Å². The third-order valence-electron chi connectivity index (χ3n) is 9.01. The van der Waals surface area contributed by atoms with Gasteiger partial charge in [0, 0.05) is 12.5 Å². The quantitative estimate of drug-likeness (QED) is 0.281. The number of carbonyl (C=O) groups excluding carboxylic acids is 1. The first-order valence-corrected chi connectivity index (χ1v) is 14.8. The number of piperidine rings is 1. The maximum Gasteiger partial charge on any atom is 0.356 e. The minimum Gasteiger partial charge on any atom is -0.492 e. The molecule has 7 rings (SSSR count). The molecule has 5 heterocycles. The maximum absolute atomic E-state index is 14.5. The number of hydrogen-bond acceptors (Lipinski definition) is 7. The second-order valence-electron chi connectivity index (χ2n) is 11.6. The Balaban J connectivity index is 1.06. The van der Waals surface area contributed by atoms with Gasteiger partial charge in [-0.2, -0.15) is 0 Å². The molecule has 0 amide bonds. The molecular formula is C33H35FN4O4. The van der Waals surface area contributed by atoms with Gasteiger partial charge in [-0.3, -0.25) is 4.90 Å². The molecule has 218 valence electrons. The van der Waals surface area contributed by atoms with E-state index in [4.69, 9.17) is 19.2 Å². The average Bonchev–Trinajstić information content (AvgIpc) is 3.34. The summed E-state index contributed by atoms with van der Waals surface area (Å²) in [6.45, 7) is 4.53. The molecule has 2 atom stereocenters. The molecule has 1 unspecified atom stereocenters. The van der Waals surface area contributed by atoms with Crippen LogP contribution >= 0.6 is 0 Å². The molecule has 0 bridgehead atoms. The Hall–Kier alpha value is -3.82. The van der Waals surface area contributed by atoms with Gasteiger partial charge in [-0.15, -0.1) is 0 Å². The highest BCUT2D eigenvalue weighted by Crippen LogP contribution is 2.41. The molecular weight excluding hydrogens is 535 g/mol. The molecule has 2 fully saturated rings. The van der Waals surface area contributed by atoms with Crippen molar-refractivity contribution in [1.82, 2.24) is 19.4 Å². The Bertz CT molecular complexity index is 1610. The molecule has 0 spiro atoms. The van der Waals surface area contributed by atoms with E-state index < -0.39 is 5.97 Å². The van der Waals surface area contributed by atoms with Gasteiger partial charge >= 0.3 is 5.97 Å². The smallest absolute Gasteiger partial charge is 0.356 e. The van der Waals surface area contributed by atoms with Gasteiger partial charge in [0.25, 0.3) is 0 Å². The Morgan fingerprint density at radius 3 is 2.57 bits per heavy atom. The molecule has 0 saturated carbocycles. The minimum atomic E-state index is -0.456. The number of likely N-dealkylation sites (tertiary alicyclic amines) is 1. The minimum absolute atomic E-state index is 0.0265. The highest BCUT2D eigenvalue weighted by molar-refractivity contribution is 5.89. The van der Waals surface area contributed by atoms with Gasteiger partial charge in [0.05, 0.1) is 32.9 Å². The van der Waals surface area contributed by atoms with E-state index in [-0.39, 0.29) is 23.5 Å². The number of hydrogen-bond donors (Lipinski definition) is 0. The molecule has 4 aromatic rings. The number of para-hydroxylation sites is 1. The number of benzene rings is 2. The van der Waals surface area contributed by atoms with Crippen LogP contribution in [0, 0.1) is 5.82 Å². The molecule has 3 aliphatic rings. The zero-order valence-corrected chi connectivity index (χ0v) is 23.8. The third kappa shape index (κ3) is 5.16. The van der Waals surface area contributed by atoms with E-state index in [0.29, 0.717) is 31.3 Å². The summed E-state index contributed by atoms with van der Waals surface area (Å²) in [4.78, 5) is 24.1. The summed E-state index contributed by atoms with van der Waals surface area (Å²) in [5.41, 5.74) is 4.91. The van der Waals surface area contributed by atoms with Crippen molar-refractivity contribution < 1.29 is 23.4 Å². The zero-order chi connectivity index (χ0) is 28.6. The normalized spacial score (nSPS) is 21.0. The zero-order valence-electron chi connectivity index (χ0n) is 23.8. The van der Waals surface area contributed by atoms with Crippen LogP contribution in [-0.2, 0) is 29.0 Å². The number of esters is 1. The van der Waals surface area contributed by atoms with E-state index in [0.717, 1.165) is 68.0 Å². The summed E-state index contributed by atoms with van der Waals surface area (Å²) in [5, 5.41) is 0. The predicted octanol–water partition coefficient (Wildman–Crippen LogP) is 5.24. The molecule has 42 heavy (non-hydrogen) atoms. The largest absolute Gasteiger partial charge is 0.492 e. The van der Waals surface area contributed by atoms with Crippen LogP contribution in [0.2, 0.25) is 0 Å². The number of imidazole rings is 1. The highest BCUT2D eigenvalue weighted by atomic mass is 19.1. The van der Waals surface area contributed by atoms with E-state index in [1.807, 2.05) is 18.2 Å². The van der Waals surface area contributed by atoms with Crippen molar-refractivity contribution in [3.05, 3.63) is 88.6 Å². The molecule has 2 saturated heterocycles. The number of nitrogens with zero attached hydrogens (tertiary/aromatic N) is 4. The van der Waals surface area contributed by atoms with E-state index in [1.54, 1.807) is 12.1 Å². The number of pyridine rings is 1. The van der Waals surface area contributed by atoms with Crippen LogP contribution in [0.1, 0.15) is 64.1 Å². The Kier molecular flexibility index (Phi) is 7.38. The van der Waals surface area contributed by atoms with Gasteiger partial charge in [0.15, 0.2) is 11.3 Å². The molecule has 0 N–H and O–H groups in total. The molecule has 9 heteroatoms.